The van der Waals surface area contributed by atoms with Gasteiger partial charge in [-0.1, -0.05) is 30.3 Å². The maximum Gasteiger partial charge on any atom is 0.490 e. The number of aromatic nitrogens is 3. The summed E-state index contributed by atoms with van der Waals surface area (Å²) in [6.07, 6.45) is -2.65. The average Bonchev–Trinajstić information content (AvgIpc) is 3.52. The molecule has 4 N–H and O–H groups in total. The van der Waals surface area contributed by atoms with Crippen molar-refractivity contribution in [2.45, 2.75) is 31.1 Å². The van der Waals surface area contributed by atoms with Gasteiger partial charge < -0.3 is 25.2 Å². The normalized spacial score (nSPS) is 15.8. The van der Waals surface area contributed by atoms with Crippen molar-refractivity contribution in [3.63, 3.8) is 0 Å². The molecule has 0 radical (unpaired) electrons. The number of hydrogen-bond donors (Lipinski definition) is 4. The average molecular weight is 599 g/mol. The first-order valence-electron chi connectivity index (χ1n) is 12.1. The number of alkyl halides is 6. The van der Waals surface area contributed by atoms with Crippen molar-refractivity contribution in [1.82, 2.24) is 15.0 Å². The highest BCUT2D eigenvalue weighted by Gasteiger charge is 2.38. The van der Waals surface area contributed by atoms with Crippen LogP contribution in [0.5, 0.6) is 5.88 Å². The quantitative estimate of drug-likeness (QED) is 0.292. The van der Waals surface area contributed by atoms with E-state index in [9.17, 15) is 31.4 Å². The van der Waals surface area contributed by atoms with Gasteiger partial charge in [-0.3, -0.25) is 0 Å². The molecule has 1 aromatic carbocycles. The van der Waals surface area contributed by atoms with Gasteiger partial charge in [0.1, 0.15) is 5.69 Å². The summed E-state index contributed by atoms with van der Waals surface area (Å²) in [5.74, 6) is -3.49. The number of piperidine rings is 1. The summed E-state index contributed by atoms with van der Waals surface area (Å²) < 4.78 is 63.5. The summed E-state index contributed by atoms with van der Waals surface area (Å²) in [6, 6.07) is 14.5. The Labute approximate surface area is 233 Å². The number of carbonyl (C=O) groups is 2. The van der Waals surface area contributed by atoms with E-state index in [1.54, 1.807) is 12.4 Å². The molecule has 3 aromatic rings. The zero-order chi connectivity index (χ0) is 31.1. The Morgan fingerprint density at radius 1 is 0.929 bits per heavy atom. The Balaban J connectivity index is 0.000000289. The lowest BCUT2D eigenvalue weighted by molar-refractivity contribution is -0.193. The van der Waals surface area contributed by atoms with Crippen LogP contribution in [-0.2, 0) is 9.59 Å². The van der Waals surface area contributed by atoms with E-state index in [1.165, 1.54) is 5.56 Å². The molecule has 10 nitrogen and oxygen atoms in total. The Hall–Kier alpha value is -4.89. The minimum atomic E-state index is -5.08. The summed E-state index contributed by atoms with van der Waals surface area (Å²) in [5.41, 5.74) is 3.87. The summed E-state index contributed by atoms with van der Waals surface area (Å²) in [7, 11) is 0. The number of benzene rings is 1. The fourth-order valence-electron chi connectivity index (χ4n) is 3.96. The Kier molecular flexibility index (Phi) is 9.93. The number of anilines is 1. The molecule has 0 aliphatic carbocycles. The van der Waals surface area contributed by atoms with Crippen LogP contribution in [0.1, 0.15) is 35.6 Å². The maximum atomic E-state index is 10.6. The van der Waals surface area contributed by atoms with Crippen molar-refractivity contribution in [2.75, 3.05) is 18.0 Å². The molecule has 0 atom stereocenters. The van der Waals surface area contributed by atoms with E-state index in [0.717, 1.165) is 43.0 Å². The number of pyridine rings is 1. The number of aliphatic carboxylic acids is 2. The second-order valence-electron chi connectivity index (χ2n) is 8.81. The van der Waals surface area contributed by atoms with Crippen LogP contribution in [0.15, 0.2) is 53.7 Å². The molecule has 0 unspecified atom stereocenters. The fraction of sp³-hybridized carbons (Fsp3) is 0.269. The van der Waals surface area contributed by atoms with Crippen LogP contribution < -0.4 is 4.90 Å². The van der Waals surface area contributed by atoms with Crippen molar-refractivity contribution in [3.8, 4) is 5.88 Å². The monoisotopic (exact) mass is 599 g/mol. The van der Waals surface area contributed by atoms with Gasteiger partial charge in [0.15, 0.2) is 5.82 Å². The molecule has 4 heterocycles. The molecular weight excluding hydrogens is 576 g/mol. The molecule has 0 amide bonds. The van der Waals surface area contributed by atoms with Gasteiger partial charge in [0.2, 0.25) is 11.8 Å². The van der Waals surface area contributed by atoms with Gasteiger partial charge in [-0.2, -0.15) is 31.3 Å². The van der Waals surface area contributed by atoms with E-state index < -0.39 is 24.3 Å². The van der Waals surface area contributed by atoms with Crippen LogP contribution in [0.25, 0.3) is 11.6 Å². The number of fused-ring (bicyclic) bond motifs is 1. The van der Waals surface area contributed by atoms with Crippen molar-refractivity contribution < 1.29 is 51.3 Å². The van der Waals surface area contributed by atoms with Gasteiger partial charge in [0, 0.05) is 36.6 Å². The Morgan fingerprint density at radius 3 is 2.05 bits per heavy atom. The number of allylic oxidation sites excluding steroid dienone is 1. The summed E-state index contributed by atoms with van der Waals surface area (Å²) in [5, 5.41) is 24.6. The molecule has 224 valence electrons. The standard InChI is InChI=1S/C22H21N5O.2C2HF3O2/c28-21-19(13-17-14-24-20-18(17)7-4-10-23-20)25-22(26-21)27-11-8-16(9-12-27)15-5-2-1-3-6-15;2*3-2(4,5)1(6)7/h1-7,10,13-14,16,28H,8-9,11-12H2,(H,25,26);2*(H,6,7)/b17-13+;;. The van der Waals surface area contributed by atoms with Gasteiger partial charge in [-0.15, -0.1) is 0 Å². The number of H-pyrrole nitrogens is 1. The molecule has 42 heavy (non-hydrogen) atoms. The predicted molar refractivity (Wildman–Crippen MR) is 139 cm³/mol. The molecule has 16 heteroatoms. The van der Waals surface area contributed by atoms with Gasteiger partial charge >= 0.3 is 24.3 Å². The summed E-state index contributed by atoms with van der Waals surface area (Å²) in [6.45, 7) is 1.83. The largest absolute Gasteiger partial charge is 0.492 e. The third kappa shape index (κ3) is 8.55. The molecule has 0 bridgehead atoms. The van der Waals surface area contributed by atoms with Crippen molar-refractivity contribution in [3.05, 3.63) is 65.5 Å². The summed E-state index contributed by atoms with van der Waals surface area (Å²) >= 11 is 0. The van der Waals surface area contributed by atoms with Gasteiger partial charge in [-0.05, 0) is 42.5 Å². The molecule has 0 saturated carbocycles. The van der Waals surface area contributed by atoms with E-state index in [-0.39, 0.29) is 5.88 Å². The zero-order valence-electron chi connectivity index (χ0n) is 21.4. The molecule has 0 spiro atoms. The SMILES string of the molecule is O=C(O)C(F)(F)F.O=C(O)C(F)(F)F.Oc1nc(N2CCC(c3ccccc3)CC2)[nH]c1/C=C1\C=Nc2ncccc21. The van der Waals surface area contributed by atoms with E-state index in [2.05, 4.69) is 55.2 Å². The molecular formula is C26H23F6N5O5. The molecule has 1 saturated heterocycles. The fourth-order valence-corrected chi connectivity index (χ4v) is 3.96. The third-order valence-electron chi connectivity index (χ3n) is 5.97. The minimum Gasteiger partial charge on any atom is -0.492 e. The first kappa shape index (κ1) is 31.6. The zero-order valence-corrected chi connectivity index (χ0v) is 21.4. The highest BCUT2D eigenvalue weighted by molar-refractivity contribution is 6.20. The highest BCUT2D eigenvalue weighted by Crippen LogP contribution is 2.33. The molecule has 2 aliphatic rings. The first-order chi connectivity index (χ1) is 19.7. The number of rotatable bonds is 3. The highest BCUT2D eigenvalue weighted by atomic mass is 19.4. The van der Waals surface area contributed by atoms with Crippen molar-refractivity contribution >= 4 is 41.6 Å². The molecule has 2 aliphatic heterocycles. The van der Waals surface area contributed by atoms with Crippen LogP contribution >= 0.6 is 0 Å². The van der Waals surface area contributed by atoms with Crippen LogP contribution in [0.4, 0.5) is 38.1 Å². The van der Waals surface area contributed by atoms with Crippen LogP contribution in [0, 0.1) is 0 Å². The third-order valence-corrected chi connectivity index (χ3v) is 5.97. The van der Waals surface area contributed by atoms with Gasteiger partial charge in [-0.25, -0.2) is 19.6 Å². The summed E-state index contributed by atoms with van der Waals surface area (Å²) in [4.78, 5) is 36.2. The van der Waals surface area contributed by atoms with Crippen LogP contribution in [0.2, 0.25) is 0 Å². The maximum absolute atomic E-state index is 10.6. The van der Waals surface area contributed by atoms with Crippen LogP contribution in [-0.4, -0.2) is 73.9 Å². The predicted octanol–water partition coefficient (Wildman–Crippen LogP) is 5.42. The lowest BCUT2D eigenvalue weighted by Crippen LogP contribution is -2.33. The number of carboxylic acids is 2. The Morgan fingerprint density at radius 2 is 1.50 bits per heavy atom. The van der Waals surface area contributed by atoms with E-state index in [4.69, 9.17) is 19.8 Å². The van der Waals surface area contributed by atoms with Crippen molar-refractivity contribution in [2.24, 2.45) is 4.99 Å². The number of nitrogens with zero attached hydrogens (tertiary/aromatic N) is 4. The van der Waals surface area contributed by atoms with Gasteiger partial charge in [0.25, 0.3) is 0 Å². The van der Waals surface area contributed by atoms with E-state index in [0.29, 0.717) is 17.4 Å². The number of imidazole rings is 1. The van der Waals surface area contributed by atoms with E-state index >= 15 is 0 Å². The second-order valence-corrected chi connectivity index (χ2v) is 8.81. The number of halogens is 6. The number of aliphatic imine (C=N–C) groups is 1. The van der Waals surface area contributed by atoms with E-state index in [1.807, 2.05) is 18.2 Å². The first-order valence-corrected chi connectivity index (χ1v) is 12.1. The molecule has 2 aromatic heterocycles. The van der Waals surface area contributed by atoms with Gasteiger partial charge in [0.05, 0.1) is 0 Å². The molecule has 1 fully saturated rings. The minimum absolute atomic E-state index is 0.0124. The lowest BCUT2D eigenvalue weighted by Gasteiger charge is -2.31. The lowest BCUT2D eigenvalue weighted by atomic mass is 9.90. The number of hydrogen-bond acceptors (Lipinski definition) is 7. The second kappa shape index (κ2) is 13.2. The van der Waals surface area contributed by atoms with Crippen molar-refractivity contribution in [1.29, 1.82) is 0 Å². The number of aromatic hydroxyl groups is 1. The topological polar surface area (TPSA) is 152 Å². The number of carboxylic acid groups (broad SMARTS) is 2. The smallest absolute Gasteiger partial charge is 0.490 e. The molecule has 5 rings (SSSR count). The number of nitrogens with one attached hydrogen (secondary N) is 1. The number of aromatic amines is 1. The van der Waals surface area contributed by atoms with Crippen LogP contribution in [0.3, 0.4) is 0 Å². The Bertz CT molecular complexity index is 1420.